The number of thioether (sulfide) groups is 1. The number of hydrogen-bond acceptors (Lipinski definition) is 15. The maximum atomic E-state index is 14.8. The molecular weight excluding hydrogens is 741 g/mol. The molecule has 0 radical (unpaired) electrons. The second-order valence-electron chi connectivity index (χ2n) is 14.8. The Morgan fingerprint density at radius 1 is 1.02 bits per heavy atom. The van der Waals surface area contributed by atoms with Crippen LogP contribution < -0.4 is 39.8 Å². The number of carbonyl (C=O) groups excluding carboxylic acids is 2. The van der Waals surface area contributed by atoms with E-state index in [1.807, 2.05) is 27.8 Å². The van der Waals surface area contributed by atoms with Crippen molar-refractivity contribution in [3.05, 3.63) is 62.7 Å². The lowest BCUT2D eigenvalue weighted by Gasteiger charge is -2.46. The van der Waals surface area contributed by atoms with Crippen LogP contribution in [0.5, 0.6) is 34.5 Å². The van der Waals surface area contributed by atoms with E-state index in [0.717, 1.165) is 28.7 Å². The van der Waals surface area contributed by atoms with E-state index in [0.29, 0.717) is 76.9 Å². The first-order valence-corrected chi connectivity index (χ1v) is 20.0. The van der Waals surface area contributed by atoms with Gasteiger partial charge in [-0.25, -0.2) is 4.79 Å². The number of carbonyl (C=O) groups is 2. The van der Waals surface area contributed by atoms with E-state index in [9.17, 15) is 24.7 Å². The van der Waals surface area contributed by atoms with Crippen molar-refractivity contribution >= 4 is 36.3 Å². The molecule has 3 aromatic carbocycles. The monoisotopic (exact) mass is 791 g/mol. The summed E-state index contributed by atoms with van der Waals surface area (Å²) < 4.78 is 35.9. The summed E-state index contributed by atoms with van der Waals surface area (Å²) in [4.78, 5) is 29.6. The topological polar surface area (TPSA) is 178 Å². The molecule has 0 aliphatic carbocycles. The van der Waals surface area contributed by atoms with Gasteiger partial charge in [-0.1, -0.05) is 12.1 Å². The number of esters is 2. The average molecular weight is 792 g/mol. The number of fused-ring (bicyclic) bond motifs is 5. The summed E-state index contributed by atoms with van der Waals surface area (Å²) in [6.07, 6.45) is 1.94. The number of benzene rings is 3. The number of nitrogens with one attached hydrogen (secondary N) is 2. The first-order chi connectivity index (χ1) is 26.9. The zero-order valence-electron chi connectivity index (χ0n) is 32.9. The smallest absolute Gasteiger partial charge is 0.492 e. The minimum atomic E-state index is -1.76. The van der Waals surface area contributed by atoms with Crippen molar-refractivity contribution in [1.29, 1.82) is 0 Å². The van der Waals surface area contributed by atoms with E-state index < -0.39 is 36.7 Å². The molecule has 0 aromatic heterocycles. The maximum absolute atomic E-state index is 14.8. The molecule has 56 heavy (non-hydrogen) atoms. The lowest BCUT2D eigenvalue weighted by atomic mass is 9.74. The quantitative estimate of drug-likeness (QED) is 0.140. The Bertz CT molecular complexity index is 2050. The summed E-state index contributed by atoms with van der Waals surface area (Å²) in [7, 11) is 3.12. The van der Waals surface area contributed by atoms with Gasteiger partial charge in [0.1, 0.15) is 18.1 Å². The highest BCUT2D eigenvalue weighted by Gasteiger charge is 2.49. The normalized spacial score (nSPS) is 23.5. The van der Waals surface area contributed by atoms with Gasteiger partial charge in [0.25, 0.3) is 0 Å². The standard InChI is InChI=1S/C40H50BN3O11S/c1-20-13-25-9-8-12-44-28(31-21(2)36(55-23(4)45)22(3)37-38(31)54-19-53-37)16-52-39(47)40(18-56-17-29(44)33(42-5)32(25)34(46)35(20)51-7)26-15-30(50-6)27(41(48)49)14-24(26)10-11-43-40/h13-15,28-29,33,42-43,46,48-49H,8-12,16-19H2,1-7H3/t28?,29?,33-,40+/m0/s1. The minimum Gasteiger partial charge on any atom is -0.504 e. The summed E-state index contributed by atoms with van der Waals surface area (Å²) in [6.45, 7) is 7.88. The highest BCUT2D eigenvalue weighted by Crippen LogP contribution is 2.52. The number of aryl methyl sites for hydroxylation is 2. The number of cyclic esters (lactones) is 1. The molecule has 4 heterocycles. The van der Waals surface area contributed by atoms with Gasteiger partial charge in [-0.05, 0) is 81.9 Å². The molecule has 14 nitrogen and oxygen atoms in total. The summed E-state index contributed by atoms with van der Waals surface area (Å²) in [5, 5.41) is 39.3. The van der Waals surface area contributed by atoms with E-state index in [2.05, 4.69) is 21.6 Å². The van der Waals surface area contributed by atoms with Crippen LogP contribution in [0.4, 0.5) is 0 Å². The number of rotatable bonds is 6. The van der Waals surface area contributed by atoms with E-state index in [1.54, 1.807) is 31.0 Å². The van der Waals surface area contributed by atoms with Gasteiger partial charge < -0.3 is 48.9 Å². The number of aromatic hydroxyl groups is 1. The van der Waals surface area contributed by atoms with Crippen LogP contribution in [0.3, 0.4) is 0 Å². The van der Waals surface area contributed by atoms with Gasteiger partial charge in [0.15, 0.2) is 28.5 Å². The molecular formula is C40H50BN3O11S. The average Bonchev–Trinajstić information content (AvgIpc) is 3.65. The molecule has 1 fully saturated rings. The molecule has 0 amide bonds. The van der Waals surface area contributed by atoms with Gasteiger partial charge in [0.05, 0.1) is 26.3 Å². The van der Waals surface area contributed by atoms with Crippen molar-refractivity contribution in [2.45, 2.75) is 70.6 Å². The molecule has 7 rings (SSSR count). The molecule has 4 aliphatic rings. The van der Waals surface area contributed by atoms with E-state index in [4.69, 9.17) is 28.4 Å². The molecule has 4 aliphatic heterocycles. The fourth-order valence-corrected chi connectivity index (χ4v) is 10.6. The Labute approximate surface area is 331 Å². The van der Waals surface area contributed by atoms with Crippen LogP contribution in [0, 0.1) is 20.8 Å². The van der Waals surface area contributed by atoms with Gasteiger partial charge >= 0.3 is 19.1 Å². The second-order valence-corrected chi connectivity index (χ2v) is 15.8. The van der Waals surface area contributed by atoms with Crippen molar-refractivity contribution in [1.82, 2.24) is 15.5 Å². The van der Waals surface area contributed by atoms with Crippen molar-refractivity contribution in [2.75, 3.05) is 59.3 Å². The summed E-state index contributed by atoms with van der Waals surface area (Å²) >= 11 is 1.58. The van der Waals surface area contributed by atoms with E-state index >= 15 is 0 Å². The molecule has 300 valence electrons. The van der Waals surface area contributed by atoms with Crippen molar-refractivity contribution in [3.63, 3.8) is 0 Å². The van der Waals surface area contributed by atoms with E-state index in [-0.39, 0.29) is 42.2 Å². The number of methoxy groups -OCH3 is 2. The SMILES string of the molecule is CN[C@@H]1c2c(cc(C)c(OC)c2O)CCCN2C(c3c(C)c(OC(C)=O)c(C)c4c3OCO4)COC(=O)[C@]3(CSCC12)NCCc1cc(B(O)O)c(OC)cc13. The zero-order valence-corrected chi connectivity index (χ0v) is 33.7. The third-order valence-electron chi connectivity index (χ3n) is 11.7. The van der Waals surface area contributed by atoms with Crippen molar-refractivity contribution < 1.29 is 53.2 Å². The molecule has 0 saturated carbocycles. The third kappa shape index (κ3) is 6.73. The van der Waals surface area contributed by atoms with Crippen LogP contribution in [0.25, 0.3) is 0 Å². The fourth-order valence-electron chi connectivity index (χ4n) is 9.18. The van der Waals surface area contributed by atoms with E-state index in [1.165, 1.54) is 14.0 Å². The van der Waals surface area contributed by atoms with Crippen molar-refractivity contribution in [2.24, 2.45) is 0 Å². The Balaban J connectivity index is 1.43. The van der Waals surface area contributed by atoms with Gasteiger partial charge in [0, 0.05) is 58.7 Å². The number of nitrogens with zero attached hydrogens (tertiary/aromatic N) is 1. The Kier molecular flexibility index (Phi) is 11.4. The third-order valence-corrected chi connectivity index (χ3v) is 12.9. The van der Waals surface area contributed by atoms with Crippen LogP contribution in [0.2, 0.25) is 0 Å². The Hall–Kier alpha value is -4.19. The molecule has 4 atom stereocenters. The Morgan fingerprint density at radius 2 is 1.79 bits per heavy atom. The minimum absolute atomic E-state index is 0.0341. The van der Waals surface area contributed by atoms with Crippen molar-refractivity contribution in [3.8, 4) is 34.5 Å². The lowest BCUT2D eigenvalue weighted by molar-refractivity contribution is -0.154. The van der Waals surface area contributed by atoms with Gasteiger partial charge in [-0.15, -0.1) is 0 Å². The van der Waals surface area contributed by atoms with Crippen LogP contribution in [0.15, 0.2) is 18.2 Å². The molecule has 3 aromatic rings. The summed E-state index contributed by atoms with van der Waals surface area (Å²) in [5.74, 6) is 1.89. The molecule has 1 saturated heterocycles. The maximum Gasteiger partial charge on any atom is 0.492 e. The largest absolute Gasteiger partial charge is 0.504 e. The number of phenols is 1. The van der Waals surface area contributed by atoms with Gasteiger partial charge in [-0.2, -0.15) is 11.8 Å². The highest BCUT2D eigenvalue weighted by atomic mass is 32.2. The summed E-state index contributed by atoms with van der Waals surface area (Å²) in [6, 6.07) is 4.15. The van der Waals surface area contributed by atoms with Crippen LogP contribution in [-0.2, 0) is 32.7 Å². The van der Waals surface area contributed by atoms with Gasteiger partial charge in [0.2, 0.25) is 6.79 Å². The molecule has 2 unspecified atom stereocenters. The molecule has 5 N–H and O–H groups in total. The van der Waals surface area contributed by atoms with Gasteiger partial charge in [-0.3, -0.25) is 15.0 Å². The number of likely N-dealkylation sites (N-methyl/N-ethyl adjacent to an activating group) is 1. The fraction of sp³-hybridized carbons (Fsp3) is 0.500. The first-order valence-electron chi connectivity index (χ1n) is 18.9. The van der Waals surface area contributed by atoms with Crippen LogP contribution >= 0.6 is 11.8 Å². The number of ether oxygens (including phenoxy) is 6. The highest BCUT2D eigenvalue weighted by molar-refractivity contribution is 7.99. The first kappa shape index (κ1) is 40.0. The Morgan fingerprint density at radius 3 is 2.48 bits per heavy atom. The zero-order chi connectivity index (χ0) is 40.1. The lowest BCUT2D eigenvalue weighted by Crippen LogP contribution is -2.58. The number of phenolic OH excluding ortho intramolecular Hbond substituents is 1. The number of hydrogen-bond donors (Lipinski definition) is 5. The molecule has 0 bridgehead atoms. The predicted octanol–water partition coefficient (Wildman–Crippen LogP) is 2.62. The molecule has 16 heteroatoms. The molecule has 1 spiro atoms. The summed E-state index contributed by atoms with van der Waals surface area (Å²) in [5.41, 5.74) is 4.91. The van der Waals surface area contributed by atoms with Crippen LogP contribution in [-0.4, -0.2) is 104 Å². The second kappa shape index (κ2) is 16.0. The van der Waals surface area contributed by atoms with Crippen LogP contribution in [0.1, 0.15) is 69.9 Å². The predicted molar refractivity (Wildman–Crippen MR) is 211 cm³/mol.